The first-order valence-corrected chi connectivity index (χ1v) is 11.7. The van der Waals surface area contributed by atoms with Gasteiger partial charge in [0.05, 0.1) is 27.8 Å². The molecule has 8 nitrogen and oxygen atoms in total. The van der Waals surface area contributed by atoms with Gasteiger partial charge >= 0.3 is 6.36 Å². The number of hydrogen-bond donors (Lipinski definition) is 2. The quantitative estimate of drug-likeness (QED) is 0.375. The SMILES string of the molecule is O=C(NC[C@H]1CCN(Cc2ccccc2)C1)c1cnn(-c2nc3cc(OC(F)(F)F)c(Cl)cc3[nH]2)c1. The Balaban J connectivity index is 1.19. The molecule has 1 atom stereocenters. The average Bonchev–Trinajstić information content (AvgIpc) is 3.57. The van der Waals surface area contributed by atoms with Crippen LogP contribution in [0.25, 0.3) is 17.0 Å². The van der Waals surface area contributed by atoms with Crippen LogP contribution in [0.2, 0.25) is 5.02 Å². The first-order chi connectivity index (χ1) is 17.2. The number of amides is 1. The summed E-state index contributed by atoms with van der Waals surface area (Å²) < 4.78 is 43.0. The molecule has 188 valence electrons. The third kappa shape index (κ3) is 5.63. The lowest BCUT2D eigenvalue weighted by Crippen LogP contribution is -2.30. The van der Waals surface area contributed by atoms with Crippen LogP contribution in [0.15, 0.2) is 54.9 Å². The maximum Gasteiger partial charge on any atom is 0.573 e. The lowest BCUT2D eigenvalue weighted by Gasteiger charge is -2.16. The van der Waals surface area contributed by atoms with E-state index in [-0.39, 0.29) is 22.4 Å². The summed E-state index contributed by atoms with van der Waals surface area (Å²) in [5.41, 5.74) is 2.21. The first kappa shape index (κ1) is 24.1. The molecule has 0 saturated carbocycles. The largest absolute Gasteiger partial charge is 0.573 e. The average molecular weight is 519 g/mol. The number of hydrogen-bond acceptors (Lipinski definition) is 5. The molecule has 4 aromatic rings. The van der Waals surface area contributed by atoms with Gasteiger partial charge in [0, 0.05) is 31.9 Å². The molecule has 0 radical (unpaired) electrons. The molecule has 0 aliphatic carbocycles. The van der Waals surface area contributed by atoms with E-state index < -0.39 is 12.1 Å². The van der Waals surface area contributed by atoms with Crippen LogP contribution in [-0.2, 0) is 6.54 Å². The molecule has 2 aromatic heterocycles. The van der Waals surface area contributed by atoms with Crippen molar-refractivity contribution in [3.05, 3.63) is 71.0 Å². The number of nitrogens with one attached hydrogen (secondary N) is 2. The zero-order valence-corrected chi connectivity index (χ0v) is 19.7. The molecule has 12 heteroatoms. The Morgan fingerprint density at radius 2 is 2.06 bits per heavy atom. The van der Waals surface area contributed by atoms with Crippen molar-refractivity contribution in [3.63, 3.8) is 0 Å². The maximum atomic E-state index is 12.7. The number of nitrogens with zero attached hydrogens (tertiary/aromatic N) is 4. The van der Waals surface area contributed by atoms with Crippen LogP contribution < -0.4 is 10.1 Å². The normalized spacial score (nSPS) is 16.5. The summed E-state index contributed by atoms with van der Waals surface area (Å²) in [6.45, 7) is 3.35. The van der Waals surface area contributed by atoms with E-state index in [1.165, 1.54) is 28.7 Å². The number of H-pyrrole nitrogens is 1. The van der Waals surface area contributed by atoms with Gasteiger partial charge in [0.2, 0.25) is 5.95 Å². The standard InChI is InChI=1S/C24H22ClF3N6O2/c25-18-8-19-20(9-21(18)36-24(26,27)28)32-23(31-19)34-14-17(11-30-34)22(35)29-10-16-6-7-33(13-16)12-15-4-2-1-3-5-15/h1-5,8-9,11,14,16H,6-7,10,12-13H2,(H,29,35)(H,31,32)/t16-/m1/s1. The van der Waals surface area contributed by atoms with Crippen molar-refractivity contribution in [2.24, 2.45) is 5.92 Å². The summed E-state index contributed by atoms with van der Waals surface area (Å²) in [5, 5.41) is 6.90. The number of likely N-dealkylation sites (tertiary alicyclic amines) is 1. The molecule has 1 fully saturated rings. The highest BCUT2D eigenvalue weighted by Crippen LogP contribution is 2.33. The smallest absolute Gasteiger partial charge is 0.404 e. The van der Waals surface area contributed by atoms with Gasteiger partial charge in [-0.2, -0.15) is 5.10 Å². The van der Waals surface area contributed by atoms with Gasteiger partial charge in [-0.05, 0) is 30.5 Å². The topological polar surface area (TPSA) is 88.1 Å². The van der Waals surface area contributed by atoms with Crippen molar-refractivity contribution in [1.29, 1.82) is 0 Å². The molecule has 0 unspecified atom stereocenters. The molecular weight excluding hydrogens is 497 g/mol. The van der Waals surface area contributed by atoms with Crippen LogP contribution in [0, 0.1) is 5.92 Å². The van der Waals surface area contributed by atoms with Gasteiger partial charge in [-0.25, -0.2) is 9.67 Å². The Kier molecular flexibility index (Phi) is 6.59. The van der Waals surface area contributed by atoms with Crippen LogP contribution >= 0.6 is 11.6 Å². The number of carbonyl (C=O) groups excluding carboxylic acids is 1. The van der Waals surface area contributed by atoms with E-state index in [2.05, 4.69) is 42.2 Å². The first-order valence-electron chi connectivity index (χ1n) is 11.3. The number of ether oxygens (including phenoxy) is 1. The van der Waals surface area contributed by atoms with E-state index in [4.69, 9.17) is 11.6 Å². The molecule has 0 spiro atoms. The zero-order chi connectivity index (χ0) is 25.3. The van der Waals surface area contributed by atoms with Crippen LogP contribution in [0.5, 0.6) is 5.75 Å². The van der Waals surface area contributed by atoms with Crippen LogP contribution in [-0.4, -0.2) is 56.6 Å². The lowest BCUT2D eigenvalue weighted by molar-refractivity contribution is -0.274. The fraction of sp³-hybridized carbons (Fsp3) is 0.292. The Labute approximate surface area is 209 Å². The van der Waals surface area contributed by atoms with Crippen LogP contribution in [0.1, 0.15) is 22.3 Å². The molecule has 1 aliphatic rings. The number of aromatic amines is 1. The Bertz CT molecular complexity index is 1370. The summed E-state index contributed by atoms with van der Waals surface area (Å²) in [6, 6.07) is 12.7. The predicted molar refractivity (Wildman–Crippen MR) is 127 cm³/mol. The number of carbonyl (C=O) groups is 1. The summed E-state index contributed by atoms with van der Waals surface area (Å²) >= 11 is 5.90. The van der Waals surface area contributed by atoms with Gasteiger partial charge in [-0.1, -0.05) is 41.9 Å². The van der Waals surface area contributed by atoms with E-state index in [1.807, 2.05) is 18.2 Å². The molecule has 2 N–H and O–H groups in total. The minimum absolute atomic E-state index is 0.205. The van der Waals surface area contributed by atoms with Crippen molar-refractivity contribution < 1.29 is 22.7 Å². The molecule has 5 rings (SSSR count). The number of halogens is 4. The van der Waals surface area contributed by atoms with Crippen molar-refractivity contribution in [2.75, 3.05) is 19.6 Å². The maximum absolute atomic E-state index is 12.7. The fourth-order valence-electron chi connectivity index (χ4n) is 4.27. The summed E-state index contributed by atoms with van der Waals surface area (Å²) in [7, 11) is 0. The Hall–Kier alpha value is -3.57. The summed E-state index contributed by atoms with van der Waals surface area (Å²) in [4.78, 5) is 22.2. The molecular formula is C24H22ClF3N6O2. The molecule has 2 aromatic carbocycles. The highest BCUT2D eigenvalue weighted by atomic mass is 35.5. The lowest BCUT2D eigenvalue weighted by atomic mass is 10.1. The predicted octanol–water partition coefficient (Wildman–Crippen LogP) is 4.55. The summed E-state index contributed by atoms with van der Waals surface area (Å²) in [6.07, 6.45) is -0.963. The number of aromatic nitrogens is 4. The zero-order valence-electron chi connectivity index (χ0n) is 18.9. The van der Waals surface area contributed by atoms with Crippen LogP contribution in [0.4, 0.5) is 13.2 Å². The van der Waals surface area contributed by atoms with Gasteiger partial charge < -0.3 is 15.0 Å². The number of fused-ring (bicyclic) bond motifs is 1. The van der Waals surface area contributed by atoms with Crippen molar-refractivity contribution in [1.82, 2.24) is 30.0 Å². The minimum Gasteiger partial charge on any atom is -0.404 e. The molecule has 3 heterocycles. The minimum atomic E-state index is -4.88. The van der Waals surface area contributed by atoms with Crippen molar-refractivity contribution in [2.45, 2.75) is 19.3 Å². The number of benzene rings is 2. The fourth-order valence-corrected chi connectivity index (χ4v) is 4.47. The van der Waals surface area contributed by atoms with Gasteiger partial charge in [-0.3, -0.25) is 9.69 Å². The molecule has 1 saturated heterocycles. The third-order valence-corrected chi connectivity index (χ3v) is 6.28. The monoisotopic (exact) mass is 518 g/mol. The molecule has 1 aliphatic heterocycles. The van der Waals surface area contributed by atoms with Gasteiger partial charge in [-0.15, -0.1) is 13.2 Å². The van der Waals surface area contributed by atoms with Crippen molar-refractivity contribution in [3.8, 4) is 11.7 Å². The van der Waals surface area contributed by atoms with E-state index in [1.54, 1.807) is 0 Å². The molecule has 36 heavy (non-hydrogen) atoms. The van der Waals surface area contributed by atoms with Crippen molar-refractivity contribution >= 4 is 28.5 Å². The molecule has 0 bridgehead atoms. The second-order valence-electron chi connectivity index (χ2n) is 8.67. The van der Waals surface area contributed by atoms with Gasteiger partial charge in [0.15, 0.2) is 0 Å². The van der Waals surface area contributed by atoms with E-state index >= 15 is 0 Å². The second-order valence-corrected chi connectivity index (χ2v) is 9.07. The van der Waals surface area contributed by atoms with E-state index in [9.17, 15) is 18.0 Å². The van der Waals surface area contributed by atoms with Gasteiger partial charge in [0.25, 0.3) is 5.91 Å². The number of imidazole rings is 1. The van der Waals surface area contributed by atoms with E-state index in [0.29, 0.717) is 23.5 Å². The Morgan fingerprint density at radius 1 is 1.25 bits per heavy atom. The van der Waals surface area contributed by atoms with E-state index in [0.717, 1.165) is 32.1 Å². The summed E-state index contributed by atoms with van der Waals surface area (Å²) in [5.74, 6) is -0.232. The number of alkyl halides is 3. The van der Waals surface area contributed by atoms with Crippen LogP contribution in [0.3, 0.4) is 0 Å². The van der Waals surface area contributed by atoms with Gasteiger partial charge in [0.1, 0.15) is 5.75 Å². The highest BCUT2D eigenvalue weighted by molar-refractivity contribution is 6.32. The Morgan fingerprint density at radius 3 is 2.83 bits per heavy atom. The molecule has 1 amide bonds. The second kappa shape index (κ2) is 9.82. The highest BCUT2D eigenvalue weighted by Gasteiger charge is 2.32. The third-order valence-electron chi connectivity index (χ3n) is 5.98. The number of rotatable bonds is 7.